The Morgan fingerprint density at radius 3 is 2.44 bits per heavy atom. The zero-order chi connectivity index (χ0) is 22.7. The predicted octanol–water partition coefficient (Wildman–Crippen LogP) is 4.66. The van der Waals surface area contributed by atoms with E-state index >= 15 is 0 Å². The highest BCUT2D eigenvalue weighted by Crippen LogP contribution is 2.31. The number of piperidine rings is 1. The first-order chi connectivity index (χ1) is 15.5. The molecule has 1 N–H and O–H groups in total. The van der Waals surface area contributed by atoms with Gasteiger partial charge >= 0.3 is 0 Å². The maximum absolute atomic E-state index is 13.4. The van der Waals surface area contributed by atoms with Crippen molar-refractivity contribution in [2.45, 2.75) is 19.8 Å². The van der Waals surface area contributed by atoms with E-state index < -0.39 is 0 Å². The fourth-order valence-corrected chi connectivity index (χ4v) is 4.34. The number of carbonyl (C=O) groups excluding carboxylic acids is 2. The summed E-state index contributed by atoms with van der Waals surface area (Å²) < 4.78 is 10.8. The molecule has 0 aliphatic carbocycles. The van der Waals surface area contributed by atoms with E-state index in [2.05, 4.69) is 5.32 Å². The Balaban J connectivity index is 1.53. The number of likely N-dealkylation sites (tertiary alicyclic amines) is 1. The number of amides is 2. The number of hydrogen-bond donors (Lipinski definition) is 1. The lowest BCUT2D eigenvalue weighted by molar-refractivity contribution is -0.121. The normalized spacial score (nSPS) is 16.0. The zero-order valence-electron chi connectivity index (χ0n) is 18.7. The number of aryl methyl sites for hydroxylation is 1. The van der Waals surface area contributed by atoms with Gasteiger partial charge in [-0.05, 0) is 55.0 Å². The topological polar surface area (TPSA) is 67.9 Å². The van der Waals surface area contributed by atoms with Gasteiger partial charge in [-0.1, -0.05) is 30.3 Å². The molecule has 0 radical (unpaired) electrons. The van der Waals surface area contributed by atoms with Gasteiger partial charge in [0.25, 0.3) is 5.91 Å². The number of anilines is 1. The summed E-state index contributed by atoms with van der Waals surface area (Å²) in [7, 11) is 3.21. The van der Waals surface area contributed by atoms with Crippen LogP contribution in [0, 0.1) is 12.8 Å². The van der Waals surface area contributed by atoms with Gasteiger partial charge in [0.15, 0.2) is 0 Å². The van der Waals surface area contributed by atoms with E-state index in [1.807, 2.05) is 61.5 Å². The van der Waals surface area contributed by atoms with Crippen molar-refractivity contribution in [2.75, 3.05) is 32.6 Å². The minimum Gasteiger partial charge on any atom is -0.496 e. The number of nitrogens with zero attached hydrogens (tertiary/aromatic N) is 1. The van der Waals surface area contributed by atoms with E-state index in [0.717, 1.165) is 34.9 Å². The number of benzene rings is 3. The van der Waals surface area contributed by atoms with Crippen molar-refractivity contribution in [1.29, 1.82) is 0 Å². The van der Waals surface area contributed by atoms with Crippen molar-refractivity contribution in [2.24, 2.45) is 5.92 Å². The molecule has 1 aliphatic heterocycles. The lowest BCUT2D eigenvalue weighted by Crippen LogP contribution is -2.43. The summed E-state index contributed by atoms with van der Waals surface area (Å²) in [4.78, 5) is 28.2. The van der Waals surface area contributed by atoms with Crippen LogP contribution < -0.4 is 14.8 Å². The fraction of sp³-hybridized carbons (Fsp3) is 0.308. The molecular weight excluding hydrogens is 404 g/mol. The van der Waals surface area contributed by atoms with Gasteiger partial charge < -0.3 is 19.7 Å². The first-order valence-electron chi connectivity index (χ1n) is 10.8. The molecule has 0 saturated carbocycles. The van der Waals surface area contributed by atoms with Crippen molar-refractivity contribution >= 4 is 28.3 Å². The average Bonchev–Trinajstić information content (AvgIpc) is 2.83. The van der Waals surface area contributed by atoms with Crippen LogP contribution >= 0.6 is 0 Å². The number of fused-ring (bicyclic) bond motifs is 1. The predicted molar refractivity (Wildman–Crippen MR) is 125 cm³/mol. The van der Waals surface area contributed by atoms with E-state index in [9.17, 15) is 9.59 Å². The second kappa shape index (κ2) is 9.30. The third kappa shape index (κ3) is 4.26. The molecule has 1 aliphatic rings. The molecule has 6 nitrogen and oxygen atoms in total. The molecule has 32 heavy (non-hydrogen) atoms. The van der Waals surface area contributed by atoms with Crippen molar-refractivity contribution in [3.8, 4) is 11.5 Å². The smallest absolute Gasteiger partial charge is 0.254 e. The molecule has 1 saturated heterocycles. The van der Waals surface area contributed by atoms with Gasteiger partial charge in [0.05, 0.1) is 25.8 Å². The van der Waals surface area contributed by atoms with Gasteiger partial charge in [0.2, 0.25) is 5.91 Å². The maximum atomic E-state index is 13.4. The van der Waals surface area contributed by atoms with Crippen molar-refractivity contribution in [1.82, 2.24) is 4.90 Å². The summed E-state index contributed by atoms with van der Waals surface area (Å²) in [6, 6.07) is 17.0. The first-order valence-corrected chi connectivity index (χ1v) is 10.8. The molecule has 0 spiro atoms. The molecule has 2 amide bonds. The summed E-state index contributed by atoms with van der Waals surface area (Å²) in [5.74, 6) is 0.931. The second-order valence-corrected chi connectivity index (χ2v) is 8.14. The quantitative estimate of drug-likeness (QED) is 0.637. The van der Waals surface area contributed by atoms with Gasteiger partial charge in [-0.25, -0.2) is 0 Å². The van der Waals surface area contributed by atoms with Gasteiger partial charge in [0.1, 0.15) is 11.5 Å². The van der Waals surface area contributed by atoms with Crippen LogP contribution in [0.15, 0.2) is 54.6 Å². The van der Waals surface area contributed by atoms with Crippen molar-refractivity contribution in [3.63, 3.8) is 0 Å². The zero-order valence-corrected chi connectivity index (χ0v) is 18.7. The van der Waals surface area contributed by atoms with Crippen LogP contribution in [0.5, 0.6) is 11.5 Å². The Kier molecular flexibility index (Phi) is 6.30. The number of nitrogens with one attached hydrogen (secondary N) is 1. The molecule has 4 rings (SSSR count). The van der Waals surface area contributed by atoms with Gasteiger partial charge in [-0.15, -0.1) is 0 Å². The third-order valence-electron chi connectivity index (χ3n) is 6.03. The summed E-state index contributed by atoms with van der Waals surface area (Å²) >= 11 is 0. The molecule has 3 aromatic rings. The maximum Gasteiger partial charge on any atom is 0.254 e. The van der Waals surface area contributed by atoms with Crippen LogP contribution in [0.2, 0.25) is 0 Å². The van der Waals surface area contributed by atoms with Crippen LogP contribution in [0.4, 0.5) is 5.69 Å². The second-order valence-electron chi connectivity index (χ2n) is 8.14. The van der Waals surface area contributed by atoms with Crippen LogP contribution in [0.3, 0.4) is 0 Å². The number of hydrogen-bond acceptors (Lipinski definition) is 4. The molecule has 1 heterocycles. The third-order valence-corrected chi connectivity index (χ3v) is 6.03. The summed E-state index contributed by atoms with van der Waals surface area (Å²) in [6.45, 7) is 2.99. The standard InChI is InChI=1S/C26H28N2O4/c1-17-10-12-24(32-3)22(15-17)27-25(29)18-7-6-14-28(16-18)26(30)21-11-13-23(31-2)20-9-5-4-8-19(20)21/h4-5,8-13,15,18H,6-7,14,16H2,1-3H3,(H,27,29)/t18-/m1/s1. The highest BCUT2D eigenvalue weighted by atomic mass is 16.5. The Hall–Kier alpha value is -3.54. The SMILES string of the molecule is COc1ccc(C)cc1NC(=O)[C@@H]1CCCN(C(=O)c2ccc(OC)c3ccccc23)C1. The molecule has 1 fully saturated rings. The Morgan fingerprint density at radius 2 is 1.69 bits per heavy atom. The molecule has 3 aromatic carbocycles. The minimum atomic E-state index is -0.276. The molecule has 0 unspecified atom stereocenters. The highest BCUT2D eigenvalue weighted by Gasteiger charge is 2.30. The highest BCUT2D eigenvalue weighted by molar-refractivity contribution is 6.08. The molecule has 1 atom stereocenters. The van der Waals surface area contributed by atoms with E-state index in [4.69, 9.17) is 9.47 Å². The largest absolute Gasteiger partial charge is 0.496 e. The summed E-state index contributed by atoms with van der Waals surface area (Å²) in [5, 5.41) is 4.75. The van der Waals surface area contributed by atoms with Gasteiger partial charge in [-0.3, -0.25) is 9.59 Å². The van der Waals surface area contributed by atoms with Crippen LogP contribution in [0.1, 0.15) is 28.8 Å². The monoisotopic (exact) mass is 432 g/mol. The van der Waals surface area contributed by atoms with Crippen molar-refractivity contribution < 1.29 is 19.1 Å². The Bertz CT molecular complexity index is 1160. The van der Waals surface area contributed by atoms with E-state index in [-0.39, 0.29) is 17.7 Å². The van der Waals surface area contributed by atoms with Gasteiger partial charge in [0, 0.05) is 24.0 Å². The Labute approximate surface area is 188 Å². The van der Waals surface area contributed by atoms with E-state index in [1.54, 1.807) is 19.1 Å². The number of ether oxygens (including phenoxy) is 2. The molecule has 0 bridgehead atoms. The van der Waals surface area contributed by atoms with Crippen molar-refractivity contribution in [3.05, 3.63) is 65.7 Å². The number of methoxy groups -OCH3 is 2. The molecule has 166 valence electrons. The summed E-state index contributed by atoms with van der Waals surface area (Å²) in [5.41, 5.74) is 2.32. The first kappa shape index (κ1) is 21.7. The lowest BCUT2D eigenvalue weighted by Gasteiger charge is -2.32. The lowest BCUT2D eigenvalue weighted by atomic mass is 9.95. The average molecular weight is 433 g/mol. The fourth-order valence-electron chi connectivity index (χ4n) is 4.34. The van der Waals surface area contributed by atoms with E-state index in [1.165, 1.54) is 0 Å². The minimum absolute atomic E-state index is 0.0607. The van der Waals surface area contributed by atoms with Crippen LogP contribution in [-0.4, -0.2) is 44.0 Å². The molecule has 6 heteroatoms. The van der Waals surface area contributed by atoms with E-state index in [0.29, 0.717) is 30.1 Å². The van der Waals surface area contributed by atoms with Gasteiger partial charge in [-0.2, -0.15) is 0 Å². The van der Waals surface area contributed by atoms with Crippen LogP contribution in [0.25, 0.3) is 10.8 Å². The number of rotatable bonds is 5. The van der Waals surface area contributed by atoms with Crippen LogP contribution in [-0.2, 0) is 4.79 Å². The Morgan fingerprint density at radius 1 is 0.969 bits per heavy atom. The molecular formula is C26H28N2O4. The number of carbonyl (C=O) groups is 2. The molecule has 0 aromatic heterocycles. The summed E-state index contributed by atoms with van der Waals surface area (Å²) in [6.07, 6.45) is 1.52.